The van der Waals surface area contributed by atoms with Crippen molar-refractivity contribution in [3.05, 3.63) is 30.9 Å². The van der Waals surface area contributed by atoms with Gasteiger partial charge in [-0.25, -0.2) is 0 Å². The number of halogens is 2. The first kappa shape index (κ1) is 14.8. The highest BCUT2D eigenvalue weighted by Crippen LogP contribution is 2.21. The van der Waals surface area contributed by atoms with Gasteiger partial charge in [-0.1, -0.05) is 0 Å². The molecule has 0 saturated carbocycles. The lowest BCUT2D eigenvalue weighted by Crippen LogP contribution is -2.45. The van der Waals surface area contributed by atoms with Crippen LogP contribution in [0.5, 0.6) is 0 Å². The molecular formula is C10H14I2O3Si. The fourth-order valence-corrected chi connectivity index (χ4v) is 4.51. The Morgan fingerprint density at radius 1 is 1.06 bits per heavy atom. The Kier molecular flexibility index (Phi) is 6.16. The van der Waals surface area contributed by atoms with Gasteiger partial charge in [0.15, 0.2) is 0 Å². The minimum absolute atomic E-state index is 0.700. The van der Waals surface area contributed by atoms with Gasteiger partial charge in [-0.3, -0.25) is 0 Å². The molecule has 0 radical (unpaired) electrons. The monoisotopic (exact) mass is 464 g/mol. The van der Waals surface area contributed by atoms with Gasteiger partial charge < -0.3 is 13.3 Å². The van der Waals surface area contributed by atoms with Gasteiger partial charge in [-0.15, -0.1) is 0 Å². The molecule has 0 amide bonds. The van der Waals surface area contributed by atoms with E-state index in [4.69, 9.17) is 13.3 Å². The normalized spacial score (nSPS) is 11.8. The zero-order valence-electron chi connectivity index (χ0n) is 9.42. The number of rotatable bonds is 5. The number of hydrogen-bond donors (Lipinski definition) is 0. The Morgan fingerprint density at radius 2 is 1.62 bits per heavy atom. The molecule has 0 heterocycles. The zero-order chi connectivity index (χ0) is 12.2. The average molecular weight is 464 g/mol. The molecule has 0 N–H and O–H groups in total. The molecule has 0 aliphatic rings. The van der Waals surface area contributed by atoms with E-state index < -0.39 is 8.80 Å². The van der Waals surface area contributed by atoms with Crippen LogP contribution in [-0.4, -0.2) is 30.1 Å². The molecule has 90 valence electrons. The van der Waals surface area contributed by atoms with Crippen molar-refractivity contribution in [1.29, 1.82) is 0 Å². The Hall–Kier alpha value is 0.777. The van der Waals surface area contributed by atoms with Crippen LogP contribution < -0.4 is 0 Å². The Bertz CT molecular complexity index is 348. The molecule has 0 aliphatic carbocycles. The van der Waals surface area contributed by atoms with Crippen molar-refractivity contribution < 1.29 is 13.3 Å². The molecule has 0 aromatic heterocycles. The van der Waals surface area contributed by atoms with Crippen molar-refractivity contribution in [3.8, 4) is 0 Å². The topological polar surface area (TPSA) is 27.7 Å². The number of hydrogen-bond acceptors (Lipinski definition) is 3. The molecule has 0 fully saturated rings. The van der Waals surface area contributed by atoms with Crippen LogP contribution in [0.15, 0.2) is 18.2 Å². The molecule has 0 bridgehead atoms. The first-order valence-corrected chi connectivity index (χ1v) is 8.75. The van der Waals surface area contributed by atoms with Gasteiger partial charge in [0.1, 0.15) is 0 Å². The van der Waals surface area contributed by atoms with Gasteiger partial charge >= 0.3 is 8.80 Å². The quantitative estimate of drug-likeness (QED) is 0.496. The molecule has 0 atom stereocenters. The fraction of sp³-hybridized carbons (Fsp3) is 0.400. The number of benzene rings is 1. The van der Waals surface area contributed by atoms with E-state index in [1.807, 2.05) is 0 Å². The maximum atomic E-state index is 5.42. The summed E-state index contributed by atoms with van der Waals surface area (Å²) >= 11 is 4.62. The minimum Gasteiger partial charge on any atom is -0.377 e. The van der Waals surface area contributed by atoms with Crippen LogP contribution in [0, 0.1) is 7.14 Å². The molecular weight excluding hydrogens is 450 g/mol. The Morgan fingerprint density at radius 3 is 2.12 bits per heavy atom. The molecule has 0 spiro atoms. The lowest BCUT2D eigenvalue weighted by molar-refractivity contribution is 0.122. The highest BCUT2D eigenvalue weighted by Gasteiger charge is 2.38. The lowest BCUT2D eigenvalue weighted by Gasteiger charge is -2.24. The van der Waals surface area contributed by atoms with Crippen molar-refractivity contribution in [2.45, 2.75) is 6.04 Å². The van der Waals surface area contributed by atoms with E-state index in [1.54, 1.807) is 21.3 Å². The summed E-state index contributed by atoms with van der Waals surface area (Å²) in [6.07, 6.45) is 0. The highest BCUT2D eigenvalue weighted by atomic mass is 127. The van der Waals surface area contributed by atoms with Crippen LogP contribution in [0.2, 0.25) is 0 Å². The summed E-state index contributed by atoms with van der Waals surface area (Å²) in [4.78, 5) is 0. The van der Waals surface area contributed by atoms with Crippen LogP contribution in [0.1, 0.15) is 5.56 Å². The summed E-state index contributed by atoms with van der Waals surface area (Å²) in [6, 6.07) is 7.02. The van der Waals surface area contributed by atoms with Crippen LogP contribution in [0.3, 0.4) is 0 Å². The molecule has 1 aromatic rings. The van der Waals surface area contributed by atoms with E-state index >= 15 is 0 Å². The van der Waals surface area contributed by atoms with E-state index in [1.165, 1.54) is 12.7 Å². The van der Waals surface area contributed by atoms with Crippen molar-refractivity contribution in [3.63, 3.8) is 0 Å². The molecule has 0 saturated heterocycles. The molecule has 0 aliphatic heterocycles. The van der Waals surface area contributed by atoms with Crippen LogP contribution >= 0.6 is 45.2 Å². The second-order valence-corrected chi connectivity index (χ2v) is 8.56. The molecule has 16 heavy (non-hydrogen) atoms. The van der Waals surface area contributed by atoms with Gasteiger partial charge in [0.05, 0.1) is 0 Å². The largest absolute Gasteiger partial charge is 0.504 e. The highest BCUT2D eigenvalue weighted by molar-refractivity contribution is 14.1. The van der Waals surface area contributed by atoms with Gasteiger partial charge in [-0.05, 0) is 68.9 Å². The third kappa shape index (κ3) is 3.64. The van der Waals surface area contributed by atoms with E-state index in [-0.39, 0.29) is 0 Å². The molecule has 0 unspecified atom stereocenters. The molecule has 3 nitrogen and oxygen atoms in total. The lowest BCUT2D eigenvalue weighted by atomic mass is 10.2. The minimum atomic E-state index is -2.52. The van der Waals surface area contributed by atoms with E-state index in [2.05, 4.69) is 63.4 Å². The smallest absolute Gasteiger partial charge is 0.377 e. The first-order chi connectivity index (χ1) is 7.56. The Balaban J connectivity index is 2.97. The summed E-state index contributed by atoms with van der Waals surface area (Å²) in [5.41, 5.74) is 1.21. The maximum Gasteiger partial charge on any atom is 0.504 e. The van der Waals surface area contributed by atoms with Gasteiger partial charge in [0, 0.05) is 34.5 Å². The van der Waals surface area contributed by atoms with Crippen LogP contribution in [0.25, 0.3) is 0 Å². The third-order valence-electron chi connectivity index (χ3n) is 2.35. The second-order valence-electron chi connectivity index (χ2n) is 3.21. The van der Waals surface area contributed by atoms with Crippen LogP contribution in [0.4, 0.5) is 0 Å². The van der Waals surface area contributed by atoms with Gasteiger partial charge in [-0.2, -0.15) is 0 Å². The van der Waals surface area contributed by atoms with Crippen molar-refractivity contribution in [1.82, 2.24) is 0 Å². The molecule has 6 heteroatoms. The van der Waals surface area contributed by atoms with Gasteiger partial charge in [0.2, 0.25) is 0 Å². The summed E-state index contributed by atoms with van der Waals surface area (Å²) in [5, 5.41) is 0. The predicted octanol–water partition coefficient (Wildman–Crippen LogP) is 2.86. The summed E-state index contributed by atoms with van der Waals surface area (Å²) in [6.45, 7) is 0. The zero-order valence-corrected chi connectivity index (χ0v) is 14.7. The standard InChI is InChI=1S/C10H14I2O3Si/c1-13-16(14-2,15-3)7-8-6-9(11)4-5-10(8)12/h4-6H,7H2,1-3H3. The SMILES string of the molecule is CO[Si](Cc1cc(I)ccc1I)(OC)OC. The molecule has 1 rings (SSSR count). The average Bonchev–Trinajstić information content (AvgIpc) is 2.31. The van der Waals surface area contributed by atoms with Crippen LogP contribution in [-0.2, 0) is 19.3 Å². The third-order valence-corrected chi connectivity index (χ3v) is 6.75. The summed E-state index contributed by atoms with van der Waals surface area (Å²) < 4.78 is 18.7. The second kappa shape index (κ2) is 6.64. The van der Waals surface area contributed by atoms with E-state index in [0.717, 1.165) is 0 Å². The van der Waals surface area contributed by atoms with Crippen molar-refractivity contribution in [2.24, 2.45) is 0 Å². The maximum absolute atomic E-state index is 5.42. The predicted molar refractivity (Wildman–Crippen MR) is 82.4 cm³/mol. The van der Waals surface area contributed by atoms with Crippen molar-refractivity contribution in [2.75, 3.05) is 21.3 Å². The summed E-state index contributed by atoms with van der Waals surface area (Å²) in [7, 11) is 2.40. The fourth-order valence-electron chi connectivity index (χ4n) is 1.38. The van der Waals surface area contributed by atoms with E-state index in [9.17, 15) is 0 Å². The van der Waals surface area contributed by atoms with Gasteiger partial charge in [0.25, 0.3) is 0 Å². The Labute approximate surface area is 125 Å². The van der Waals surface area contributed by atoms with Crippen molar-refractivity contribution >= 4 is 54.0 Å². The summed E-state index contributed by atoms with van der Waals surface area (Å²) in [5.74, 6) is 0. The molecule has 1 aromatic carbocycles. The first-order valence-electron chi connectivity index (χ1n) is 4.66. The van der Waals surface area contributed by atoms with E-state index in [0.29, 0.717) is 6.04 Å².